The van der Waals surface area contributed by atoms with E-state index >= 15 is 0 Å². The molecule has 0 atom stereocenters. The van der Waals surface area contributed by atoms with Gasteiger partial charge in [-0.15, -0.1) is 11.3 Å². The van der Waals surface area contributed by atoms with Gasteiger partial charge in [0.2, 0.25) is 15.9 Å². The zero-order chi connectivity index (χ0) is 16.2. The summed E-state index contributed by atoms with van der Waals surface area (Å²) in [7, 11) is -3.69. The largest absolute Gasteiger partial charge is 0.348 e. The fourth-order valence-corrected chi connectivity index (χ4v) is 3.46. The first kappa shape index (κ1) is 16.9. The summed E-state index contributed by atoms with van der Waals surface area (Å²) in [5.41, 5.74) is 0.785. The lowest BCUT2D eigenvalue weighted by molar-refractivity contribution is -0.116. The molecule has 1 aromatic heterocycles. The molecule has 0 saturated heterocycles. The molecular weight excluding hydrogens is 388 g/mol. The van der Waals surface area contributed by atoms with Gasteiger partial charge < -0.3 is 5.32 Å². The summed E-state index contributed by atoms with van der Waals surface area (Å²) in [6, 6.07) is 9.87. The van der Waals surface area contributed by atoms with Crippen LogP contribution in [-0.2, 0) is 21.4 Å². The normalized spacial score (nSPS) is 11.7. The Hall–Kier alpha value is -1.48. The van der Waals surface area contributed by atoms with E-state index in [2.05, 4.69) is 21.2 Å². The van der Waals surface area contributed by atoms with Crippen LogP contribution in [0.4, 0.5) is 0 Å². The molecule has 8 heteroatoms. The Morgan fingerprint density at radius 1 is 1.23 bits per heavy atom. The van der Waals surface area contributed by atoms with Gasteiger partial charge in [-0.2, -0.15) is 0 Å². The number of thiophene rings is 1. The molecule has 0 saturated carbocycles. The average molecular weight is 401 g/mol. The number of benzene rings is 1. The maximum atomic E-state index is 11.7. The lowest BCUT2D eigenvalue weighted by Gasteiger charge is -2.03. The van der Waals surface area contributed by atoms with E-state index in [0.29, 0.717) is 6.54 Å². The molecule has 0 fully saturated rings. The number of nitrogens with one attached hydrogen (secondary N) is 1. The third kappa shape index (κ3) is 5.06. The molecule has 0 unspecified atom stereocenters. The molecule has 116 valence electrons. The lowest BCUT2D eigenvalue weighted by Crippen LogP contribution is -2.20. The van der Waals surface area contributed by atoms with Gasteiger partial charge >= 0.3 is 0 Å². The molecule has 3 N–H and O–H groups in total. The summed E-state index contributed by atoms with van der Waals surface area (Å²) in [5.74, 6) is -0.222. The minimum absolute atomic E-state index is 0.0470. The van der Waals surface area contributed by atoms with Crippen molar-refractivity contribution in [1.29, 1.82) is 0 Å². The van der Waals surface area contributed by atoms with Crippen LogP contribution >= 0.6 is 27.3 Å². The van der Waals surface area contributed by atoms with Gasteiger partial charge in [-0.05, 0) is 51.8 Å². The maximum Gasteiger partial charge on any atom is 0.244 e. The van der Waals surface area contributed by atoms with Crippen molar-refractivity contribution in [3.05, 3.63) is 56.7 Å². The number of rotatable bonds is 5. The highest BCUT2D eigenvalue weighted by Crippen LogP contribution is 2.22. The van der Waals surface area contributed by atoms with Crippen molar-refractivity contribution >= 4 is 49.3 Å². The summed E-state index contributed by atoms with van der Waals surface area (Å²) in [6.07, 6.45) is 3.19. The number of carbonyl (C=O) groups is 1. The first-order valence-electron chi connectivity index (χ1n) is 6.17. The number of carbonyl (C=O) groups excluding carboxylic acids is 1. The summed E-state index contributed by atoms with van der Waals surface area (Å²) in [4.78, 5) is 12.7. The molecule has 0 aliphatic heterocycles. The van der Waals surface area contributed by atoms with Crippen molar-refractivity contribution in [2.75, 3.05) is 0 Å². The molecule has 0 aliphatic carbocycles. The van der Waals surface area contributed by atoms with Gasteiger partial charge in [0.15, 0.2) is 0 Å². The number of hydrogen-bond donors (Lipinski definition) is 2. The Morgan fingerprint density at radius 3 is 2.45 bits per heavy atom. The van der Waals surface area contributed by atoms with Crippen LogP contribution in [0.25, 0.3) is 6.08 Å². The Balaban J connectivity index is 1.90. The second-order valence-electron chi connectivity index (χ2n) is 4.38. The SMILES string of the molecule is NS(=O)(=O)c1ccc(CNC(=O)C=Cc2ccc(Br)s2)cc1. The van der Waals surface area contributed by atoms with E-state index in [1.54, 1.807) is 18.2 Å². The van der Waals surface area contributed by atoms with E-state index in [1.165, 1.54) is 29.5 Å². The van der Waals surface area contributed by atoms with E-state index in [9.17, 15) is 13.2 Å². The van der Waals surface area contributed by atoms with Crippen LogP contribution in [-0.4, -0.2) is 14.3 Å². The first-order chi connectivity index (χ1) is 10.3. The molecule has 0 aliphatic rings. The van der Waals surface area contributed by atoms with E-state index in [1.807, 2.05) is 12.1 Å². The lowest BCUT2D eigenvalue weighted by atomic mass is 10.2. The van der Waals surface area contributed by atoms with Crippen molar-refractivity contribution < 1.29 is 13.2 Å². The van der Waals surface area contributed by atoms with Crippen LogP contribution in [0.5, 0.6) is 0 Å². The van der Waals surface area contributed by atoms with Crippen LogP contribution in [0.2, 0.25) is 0 Å². The van der Waals surface area contributed by atoms with Gasteiger partial charge in [-0.3, -0.25) is 4.79 Å². The topological polar surface area (TPSA) is 89.3 Å². The summed E-state index contributed by atoms with van der Waals surface area (Å²) in [5, 5.41) is 7.74. The van der Waals surface area contributed by atoms with Crippen LogP contribution in [0, 0.1) is 0 Å². The third-order valence-electron chi connectivity index (χ3n) is 2.71. The fraction of sp³-hybridized carbons (Fsp3) is 0.0714. The highest BCUT2D eigenvalue weighted by atomic mass is 79.9. The predicted octanol–water partition coefficient (Wildman–Crippen LogP) is 2.49. The smallest absolute Gasteiger partial charge is 0.244 e. The monoisotopic (exact) mass is 400 g/mol. The van der Waals surface area contributed by atoms with Crippen molar-refractivity contribution in [2.24, 2.45) is 5.14 Å². The second kappa shape index (κ2) is 7.19. The van der Waals surface area contributed by atoms with E-state index in [4.69, 9.17) is 5.14 Å². The van der Waals surface area contributed by atoms with Crippen LogP contribution in [0.1, 0.15) is 10.4 Å². The summed E-state index contributed by atoms with van der Waals surface area (Å²) < 4.78 is 23.3. The number of halogens is 1. The molecule has 0 bridgehead atoms. The van der Waals surface area contributed by atoms with Crippen LogP contribution in [0.15, 0.2) is 51.2 Å². The second-order valence-corrected chi connectivity index (χ2v) is 8.44. The molecular formula is C14H13BrN2O3S2. The summed E-state index contributed by atoms with van der Waals surface area (Å²) >= 11 is 4.88. The number of sulfonamides is 1. The van der Waals surface area contributed by atoms with Gasteiger partial charge in [-0.1, -0.05) is 12.1 Å². The Bertz CT molecular complexity index is 796. The molecule has 0 radical (unpaired) electrons. The van der Waals surface area contributed by atoms with E-state index < -0.39 is 10.0 Å². The van der Waals surface area contributed by atoms with Crippen molar-refractivity contribution in [1.82, 2.24) is 5.32 Å². The Labute approximate surface area is 141 Å². The first-order valence-corrected chi connectivity index (χ1v) is 9.33. The third-order valence-corrected chi connectivity index (χ3v) is 5.23. The number of hydrogen-bond acceptors (Lipinski definition) is 4. The van der Waals surface area contributed by atoms with Crippen molar-refractivity contribution in [3.8, 4) is 0 Å². The van der Waals surface area contributed by atoms with Crippen molar-refractivity contribution in [2.45, 2.75) is 11.4 Å². The van der Waals surface area contributed by atoms with Gasteiger partial charge in [0.1, 0.15) is 0 Å². The molecule has 5 nitrogen and oxygen atoms in total. The van der Waals surface area contributed by atoms with Crippen molar-refractivity contribution in [3.63, 3.8) is 0 Å². The zero-order valence-corrected chi connectivity index (χ0v) is 14.5. The van der Waals surface area contributed by atoms with Gasteiger partial charge in [0.25, 0.3) is 0 Å². The average Bonchev–Trinajstić information content (AvgIpc) is 2.88. The minimum atomic E-state index is -3.69. The minimum Gasteiger partial charge on any atom is -0.348 e. The number of primary sulfonamides is 1. The van der Waals surface area contributed by atoms with Crippen LogP contribution in [0.3, 0.4) is 0 Å². The molecule has 1 aromatic carbocycles. The highest BCUT2D eigenvalue weighted by molar-refractivity contribution is 9.11. The zero-order valence-electron chi connectivity index (χ0n) is 11.3. The standard InChI is InChI=1S/C14H13BrN2O3S2/c15-13-7-3-11(21-13)4-8-14(18)17-9-10-1-5-12(6-2-10)22(16,19)20/h1-8H,9H2,(H,17,18)(H2,16,19,20). The number of amides is 1. The molecule has 2 rings (SSSR count). The molecule has 0 spiro atoms. The van der Waals surface area contributed by atoms with Gasteiger partial charge in [0.05, 0.1) is 8.68 Å². The van der Waals surface area contributed by atoms with Gasteiger partial charge in [0, 0.05) is 17.5 Å². The Morgan fingerprint density at radius 2 is 1.91 bits per heavy atom. The van der Waals surface area contributed by atoms with Gasteiger partial charge in [-0.25, -0.2) is 13.6 Å². The Kier molecular flexibility index (Phi) is 5.52. The number of nitrogens with two attached hydrogens (primary N) is 1. The quantitative estimate of drug-likeness (QED) is 0.755. The van der Waals surface area contributed by atoms with E-state index in [0.717, 1.165) is 14.2 Å². The fourth-order valence-electron chi connectivity index (χ4n) is 1.62. The molecule has 2 aromatic rings. The summed E-state index contributed by atoms with van der Waals surface area (Å²) in [6.45, 7) is 0.308. The predicted molar refractivity (Wildman–Crippen MR) is 90.7 cm³/mol. The molecule has 1 amide bonds. The highest BCUT2D eigenvalue weighted by Gasteiger charge is 2.06. The van der Waals surface area contributed by atoms with Crippen LogP contribution < -0.4 is 10.5 Å². The van der Waals surface area contributed by atoms with E-state index in [-0.39, 0.29) is 10.8 Å². The maximum absolute atomic E-state index is 11.7. The molecule has 1 heterocycles. The molecule has 22 heavy (non-hydrogen) atoms.